The van der Waals surface area contributed by atoms with Crippen LogP contribution >= 0.6 is 0 Å². The predicted molar refractivity (Wildman–Crippen MR) is 69.2 cm³/mol. The van der Waals surface area contributed by atoms with Crippen molar-refractivity contribution < 1.29 is 19.1 Å². The summed E-state index contributed by atoms with van der Waals surface area (Å²) in [7, 11) is 0. The molecule has 104 valence electrons. The molecule has 0 saturated carbocycles. The molecule has 5 nitrogen and oxygen atoms in total. The molecule has 0 spiro atoms. The van der Waals surface area contributed by atoms with E-state index in [1.54, 1.807) is 27.7 Å². The number of carbonyl (C=O) groups excluding carboxylic acids is 2. The van der Waals surface area contributed by atoms with Crippen molar-refractivity contribution in [2.45, 2.75) is 52.7 Å². The van der Waals surface area contributed by atoms with E-state index in [1.807, 2.05) is 6.92 Å². The highest BCUT2D eigenvalue weighted by Gasteiger charge is 2.21. The van der Waals surface area contributed by atoms with Crippen molar-refractivity contribution in [3.05, 3.63) is 12.2 Å². The second-order valence-corrected chi connectivity index (χ2v) is 5.24. The van der Waals surface area contributed by atoms with Gasteiger partial charge in [0.2, 0.25) is 0 Å². The van der Waals surface area contributed by atoms with Gasteiger partial charge in [-0.15, -0.1) is 6.58 Å². The Balaban J connectivity index is 4.00. The lowest BCUT2D eigenvalue weighted by Gasteiger charge is -2.21. The summed E-state index contributed by atoms with van der Waals surface area (Å²) in [6.07, 6.45) is -0.0166. The maximum absolute atomic E-state index is 11.5. The first-order chi connectivity index (χ1) is 8.11. The van der Waals surface area contributed by atoms with E-state index in [0.717, 1.165) is 5.57 Å². The Kier molecular flexibility index (Phi) is 6.44. The third kappa shape index (κ3) is 8.61. The zero-order chi connectivity index (χ0) is 14.3. The fraction of sp³-hybridized carbons (Fsp3) is 0.692. The minimum absolute atomic E-state index is 0.272. The molecule has 0 radical (unpaired) electrons. The smallest absolute Gasteiger partial charge is 0.408 e. The van der Waals surface area contributed by atoms with E-state index in [9.17, 15) is 9.59 Å². The standard InChI is InChI=1S/C13H23NO4/c1-9(2)7-8-17-11(15)10(3)14-12(16)18-13(4,5)6/h10H,1,7-8H2,2-6H3,(H,14,16)/t10-/m0/s1. The summed E-state index contributed by atoms with van der Waals surface area (Å²) in [4.78, 5) is 22.9. The molecule has 1 N–H and O–H groups in total. The number of alkyl carbamates (subject to hydrolysis) is 1. The Hall–Kier alpha value is -1.52. The molecule has 0 rings (SSSR count). The minimum atomic E-state index is -0.732. The zero-order valence-electron chi connectivity index (χ0n) is 11.8. The monoisotopic (exact) mass is 257 g/mol. The van der Waals surface area contributed by atoms with E-state index in [1.165, 1.54) is 0 Å². The summed E-state index contributed by atoms with van der Waals surface area (Å²) < 4.78 is 10.0. The van der Waals surface area contributed by atoms with Crippen molar-refractivity contribution in [3.8, 4) is 0 Å². The number of esters is 1. The van der Waals surface area contributed by atoms with E-state index in [2.05, 4.69) is 11.9 Å². The van der Waals surface area contributed by atoms with Crippen LogP contribution in [0, 0.1) is 0 Å². The van der Waals surface area contributed by atoms with Crippen LogP contribution in [0.3, 0.4) is 0 Å². The molecule has 0 aliphatic rings. The lowest BCUT2D eigenvalue weighted by molar-refractivity contribution is -0.145. The molecule has 1 amide bonds. The maximum Gasteiger partial charge on any atom is 0.408 e. The first-order valence-electron chi connectivity index (χ1n) is 5.92. The second-order valence-electron chi connectivity index (χ2n) is 5.24. The minimum Gasteiger partial charge on any atom is -0.464 e. The SMILES string of the molecule is C=C(C)CCOC(=O)[C@H](C)NC(=O)OC(C)(C)C. The number of hydrogen-bond donors (Lipinski definition) is 1. The molecule has 0 fully saturated rings. The Morgan fingerprint density at radius 1 is 1.33 bits per heavy atom. The highest BCUT2D eigenvalue weighted by Crippen LogP contribution is 2.07. The van der Waals surface area contributed by atoms with Gasteiger partial charge in [0.15, 0.2) is 0 Å². The van der Waals surface area contributed by atoms with E-state index in [-0.39, 0.29) is 6.61 Å². The summed E-state index contributed by atoms with van der Waals surface area (Å²) in [5.41, 5.74) is 0.351. The van der Waals surface area contributed by atoms with Gasteiger partial charge in [0.1, 0.15) is 11.6 Å². The van der Waals surface area contributed by atoms with Crippen LogP contribution in [0.2, 0.25) is 0 Å². The van der Waals surface area contributed by atoms with Gasteiger partial charge in [-0.1, -0.05) is 5.57 Å². The Labute approximate surface area is 109 Å². The van der Waals surface area contributed by atoms with Gasteiger partial charge in [0.05, 0.1) is 6.61 Å². The molecule has 0 unspecified atom stereocenters. The first kappa shape index (κ1) is 16.5. The topological polar surface area (TPSA) is 64.6 Å². The summed E-state index contributed by atoms with van der Waals surface area (Å²) in [6.45, 7) is 12.6. The molecule has 0 bridgehead atoms. The Morgan fingerprint density at radius 3 is 2.33 bits per heavy atom. The van der Waals surface area contributed by atoms with Crippen molar-refractivity contribution in [2.24, 2.45) is 0 Å². The number of amides is 1. The van der Waals surface area contributed by atoms with Crippen LogP contribution in [-0.2, 0) is 14.3 Å². The quantitative estimate of drug-likeness (QED) is 0.606. The molecule has 1 atom stereocenters. The van der Waals surface area contributed by atoms with Crippen LogP contribution in [-0.4, -0.2) is 30.3 Å². The third-order valence-electron chi connectivity index (χ3n) is 1.86. The third-order valence-corrected chi connectivity index (χ3v) is 1.86. The Morgan fingerprint density at radius 2 is 1.89 bits per heavy atom. The molecule has 0 saturated heterocycles. The number of hydrogen-bond acceptors (Lipinski definition) is 4. The van der Waals surface area contributed by atoms with E-state index >= 15 is 0 Å². The lowest BCUT2D eigenvalue weighted by Crippen LogP contribution is -2.42. The molecule has 0 aromatic heterocycles. The van der Waals surface area contributed by atoms with Crippen molar-refractivity contribution in [2.75, 3.05) is 6.61 Å². The molecule has 0 heterocycles. The van der Waals surface area contributed by atoms with Gasteiger partial charge in [-0.25, -0.2) is 9.59 Å². The van der Waals surface area contributed by atoms with Crippen LogP contribution < -0.4 is 5.32 Å². The highest BCUT2D eigenvalue weighted by atomic mass is 16.6. The van der Waals surface area contributed by atoms with Crippen LogP contribution in [0.15, 0.2) is 12.2 Å². The molecular weight excluding hydrogens is 234 g/mol. The molecule has 0 aliphatic carbocycles. The summed E-state index contributed by atoms with van der Waals surface area (Å²) in [6, 6.07) is -0.732. The summed E-state index contributed by atoms with van der Waals surface area (Å²) >= 11 is 0. The van der Waals surface area contributed by atoms with Crippen molar-refractivity contribution in [1.29, 1.82) is 0 Å². The Bertz CT molecular complexity index is 317. The predicted octanol–water partition coefficient (Wildman–Crippen LogP) is 2.41. The average Bonchev–Trinajstić information content (AvgIpc) is 2.13. The molecule has 0 aliphatic heterocycles. The van der Waals surface area contributed by atoms with Gasteiger partial charge in [-0.05, 0) is 34.6 Å². The largest absolute Gasteiger partial charge is 0.464 e. The fourth-order valence-corrected chi connectivity index (χ4v) is 0.994. The maximum atomic E-state index is 11.5. The van der Waals surface area contributed by atoms with E-state index in [4.69, 9.17) is 9.47 Å². The molecule has 18 heavy (non-hydrogen) atoms. The van der Waals surface area contributed by atoms with Crippen molar-refractivity contribution >= 4 is 12.1 Å². The molecule has 0 aromatic carbocycles. The van der Waals surface area contributed by atoms with Gasteiger partial charge in [-0.2, -0.15) is 0 Å². The van der Waals surface area contributed by atoms with Crippen LogP contribution in [0.4, 0.5) is 4.79 Å². The van der Waals surface area contributed by atoms with E-state index < -0.39 is 23.7 Å². The number of rotatable bonds is 5. The second kappa shape index (κ2) is 7.03. The molecule has 0 aromatic rings. The van der Waals surface area contributed by atoms with Crippen molar-refractivity contribution in [3.63, 3.8) is 0 Å². The van der Waals surface area contributed by atoms with Crippen LogP contribution in [0.25, 0.3) is 0 Å². The van der Waals surface area contributed by atoms with Gasteiger partial charge < -0.3 is 14.8 Å². The molecular formula is C13H23NO4. The first-order valence-corrected chi connectivity index (χ1v) is 5.92. The van der Waals surface area contributed by atoms with Crippen LogP contribution in [0.1, 0.15) is 41.0 Å². The fourth-order valence-electron chi connectivity index (χ4n) is 0.994. The summed E-state index contributed by atoms with van der Waals surface area (Å²) in [5.74, 6) is -0.484. The van der Waals surface area contributed by atoms with Gasteiger partial charge in [-0.3, -0.25) is 0 Å². The molecule has 5 heteroatoms. The highest BCUT2D eigenvalue weighted by molar-refractivity contribution is 5.81. The van der Waals surface area contributed by atoms with Gasteiger partial charge in [0, 0.05) is 6.42 Å². The summed E-state index contributed by atoms with van der Waals surface area (Å²) in [5, 5.41) is 2.42. The normalized spacial score (nSPS) is 12.5. The number of ether oxygens (including phenoxy) is 2. The lowest BCUT2D eigenvalue weighted by atomic mass is 10.2. The number of carbonyl (C=O) groups is 2. The van der Waals surface area contributed by atoms with Gasteiger partial charge in [0.25, 0.3) is 0 Å². The van der Waals surface area contributed by atoms with Gasteiger partial charge >= 0.3 is 12.1 Å². The van der Waals surface area contributed by atoms with Crippen LogP contribution in [0.5, 0.6) is 0 Å². The van der Waals surface area contributed by atoms with E-state index in [0.29, 0.717) is 6.42 Å². The van der Waals surface area contributed by atoms with Crippen molar-refractivity contribution in [1.82, 2.24) is 5.32 Å². The average molecular weight is 257 g/mol. The number of nitrogens with one attached hydrogen (secondary N) is 1. The zero-order valence-corrected chi connectivity index (χ0v) is 11.8.